The number of benzene rings is 1. The van der Waals surface area contributed by atoms with Crippen molar-refractivity contribution in [1.29, 1.82) is 0 Å². The van der Waals surface area contributed by atoms with Crippen LogP contribution in [0.2, 0.25) is 0 Å². The molecule has 280 valence electrons. The Balaban J connectivity index is 0.000000672. The number of aliphatic hydroxyl groups is 2. The van der Waals surface area contributed by atoms with E-state index in [1.807, 2.05) is 20.8 Å². The Morgan fingerprint density at radius 2 is 1.34 bits per heavy atom. The quantitative estimate of drug-likeness (QED) is 0.109. The molecule has 1 amide bonds. The third kappa shape index (κ3) is 18.9. The highest BCUT2D eigenvalue weighted by Crippen LogP contribution is 2.19. The van der Waals surface area contributed by atoms with Crippen LogP contribution >= 0.6 is 31.9 Å². The van der Waals surface area contributed by atoms with Gasteiger partial charge in [0, 0.05) is 5.54 Å². The first-order valence-corrected chi connectivity index (χ1v) is 18.4. The Morgan fingerprint density at radius 3 is 1.72 bits per heavy atom. The van der Waals surface area contributed by atoms with Gasteiger partial charge in [-0.05, 0) is 89.7 Å². The molecule has 2 heterocycles. The smallest absolute Gasteiger partial charge is 0.355 e. The average Bonchev–Trinajstić information content (AvgIpc) is 3.03. The molecule has 0 saturated heterocycles. The fourth-order valence-corrected chi connectivity index (χ4v) is 5.08. The Bertz CT molecular complexity index is 1620. The largest absolute Gasteiger partial charge is 0.476 e. The number of amides is 1. The van der Waals surface area contributed by atoms with Crippen LogP contribution in [0.3, 0.4) is 0 Å². The van der Waals surface area contributed by atoms with Gasteiger partial charge in [-0.15, -0.1) is 0 Å². The maximum atomic E-state index is 12.9. The van der Waals surface area contributed by atoms with Crippen molar-refractivity contribution in [3.05, 3.63) is 86.3 Å². The summed E-state index contributed by atoms with van der Waals surface area (Å²) in [6.07, 6.45) is 7.56. The predicted octanol–water partition coefficient (Wildman–Crippen LogP) is 6.46. The number of hydrogen-bond acceptors (Lipinski definition) is 9. The zero-order chi connectivity index (χ0) is 38.7. The molecule has 0 fully saturated rings. The van der Waals surface area contributed by atoms with Crippen LogP contribution in [0, 0.1) is 18.6 Å². The van der Waals surface area contributed by atoms with Crippen LogP contribution in [0.4, 0.5) is 8.78 Å². The number of aryl methyl sites for hydroxylation is 1. The highest BCUT2D eigenvalue weighted by atomic mass is 79.9. The molecule has 50 heavy (non-hydrogen) atoms. The molecule has 1 aromatic carbocycles. The van der Waals surface area contributed by atoms with Crippen molar-refractivity contribution in [1.82, 2.24) is 15.3 Å². The van der Waals surface area contributed by atoms with E-state index >= 15 is 0 Å². The topological polar surface area (TPSA) is 213 Å². The molecule has 0 aliphatic heterocycles. The van der Waals surface area contributed by atoms with Gasteiger partial charge in [-0.3, -0.25) is 9.35 Å². The van der Waals surface area contributed by atoms with Gasteiger partial charge < -0.3 is 26.4 Å². The van der Waals surface area contributed by atoms with E-state index in [0.717, 1.165) is 56.1 Å². The van der Waals surface area contributed by atoms with Gasteiger partial charge in [0.1, 0.15) is 17.3 Å². The number of halogens is 4. The number of aliphatic hydroxyl groups excluding tert-OH is 2. The normalized spacial score (nSPS) is 13.1. The van der Waals surface area contributed by atoms with Gasteiger partial charge in [-0.1, -0.05) is 57.2 Å². The first kappa shape index (κ1) is 47.1. The molecule has 12 nitrogen and oxygen atoms in total. The average molecular weight is 857 g/mol. The minimum absolute atomic E-state index is 0.0666. The fourth-order valence-electron chi connectivity index (χ4n) is 3.60. The molecule has 17 heteroatoms. The summed E-state index contributed by atoms with van der Waals surface area (Å²) >= 11 is 5.97. The van der Waals surface area contributed by atoms with E-state index in [1.54, 1.807) is 19.1 Å². The summed E-state index contributed by atoms with van der Waals surface area (Å²) in [5, 5.41) is 29.3. The van der Waals surface area contributed by atoms with Crippen molar-refractivity contribution in [3.63, 3.8) is 0 Å². The molecule has 0 radical (unpaired) electrons. The second-order valence-electron chi connectivity index (χ2n) is 11.8. The molecule has 0 bridgehead atoms. The van der Waals surface area contributed by atoms with E-state index in [1.165, 1.54) is 18.2 Å². The van der Waals surface area contributed by atoms with Crippen LogP contribution in [0.1, 0.15) is 92.8 Å². The van der Waals surface area contributed by atoms with Gasteiger partial charge in [-0.25, -0.2) is 23.5 Å². The van der Waals surface area contributed by atoms with Crippen molar-refractivity contribution in [2.75, 3.05) is 13.2 Å². The molecule has 3 aromatic rings. The number of aromatic nitrogens is 2. The number of nitrogens with two attached hydrogens (primary N) is 1. The maximum absolute atomic E-state index is 12.9. The summed E-state index contributed by atoms with van der Waals surface area (Å²) in [4.78, 5) is 29.4. The number of nitrogens with zero attached hydrogens (tertiary/aromatic N) is 2. The van der Waals surface area contributed by atoms with Crippen molar-refractivity contribution in [2.24, 2.45) is 5.73 Å². The molecule has 3 rings (SSSR count). The number of hydrogen-bond donors (Lipinski definition) is 6. The fraction of sp³-hybridized carbons (Fsp3) is 0.455. The zero-order valence-electron chi connectivity index (χ0n) is 28.6. The van der Waals surface area contributed by atoms with E-state index in [-0.39, 0.29) is 39.5 Å². The van der Waals surface area contributed by atoms with Crippen molar-refractivity contribution in [3.8, 4) is 0 Å². The van der Waals surface area contributed by atoms with Crippen LogP contribution in [-0.4, -0.2) is 74.4 Å². The van der Waals surface area contributed by atoms with Crippen molar-refractivity contribution in [2.45, 2.75) is 89.1 Å². The lowest BCUT2D eigenvalue weighted by Crippen LogP contribution is -2.49. The summed E-state index contributed by atoms with van der Waals surface area (Å²) in [5.74, 6) is -2.70. The molecule has 0 aliphatic rings. The second-order valence-corrected chi connectivity index (χ2v) is 14.9. The van der Waals surface area contributed by atoms with E-state index in [9.17, 15) is 31.9 Å². The van der Waals surface area contributed by atoms with Gasteiger partial charge in [0.25, 0.3) is 16.0 Å². The van der Waals surface area contributed by atoms with E-state index in [4.69, 9.17) is 20.5 Å². The Labute approximate surface area is 308 Å². The van der Waals surface area contributed by atoms with Gasteiger partial charge in [0.2, 0.25) is 0 Å². The van der Waals surface area contributed by atoms with Crippen LogP contribution in [0.5, 0.6) is 0 Å². The number of carboxylic acids is 1. The lowest BCUT2D eigenvalue weighted by atomic mass is 9.95. The Morgan fingerprint density at radius 1 is 0.880 bits per heavy atom. The minimum Gasteiger partial charge on any atom is -0.476 e. The third-order valence-corrected chi connectivity index (χ3v) is 8.74. The Hall–Kier alpha value is -2.93. The van der Waals surface area contributed by atoms with Crippen LogP contribution in [-0.2, 0) is 10.1 Å². The SMILES string of the molecule is CCCC[C@@](C)(N)CO.CCCC[C@](C)(CO)NC(=O)c1ncc(F)cc1Br.Cc1ccc(S(=O)(=O)O)cc1.O=C(O)c1ncc(F)cc1Br. The highest BCUT2D eigenvalue weighted by Gasteiger charge is 2.27. The molecule has 0 saturated carbocycles. The maximum Gasteiger partial charge on any atom is 0.355 e. The first-order valence-electron chi connectivity index (χ1n) is 15.4. The number of carboxylic acid groups (broad SMARTS) is 1. The van der Waals surface area contributed by atoms with Gasteiger partial charge in [-0.2, -0.15) is 8.42 Å². The van der Waals surface area contributed by atoms with Crippen molar-refractivity contribution < 1.29 is 46.7 Å². The molecule has 0 spiro atoms. The standard InChI is InChI=1S/C13H18BrFN2O2.C7H17NO.C7H8O3S.C6H3BrFNO2/c1-3-4-5-13(2,8-18)17-12(19)11-10(14)6-9(15)7-16-11;1-3-4-5-7(2,8)6-9;1-6-2-4-7(5-3-6)11(8,9)10;7-4-1-3(8)2-9-5(4)6(10)11/h6-7,18H,3-5,8H2,1-2H3,(H,17,19);9H,3-6,8H2,1-2H3;2-5H,1H3,(H,8,9,10);1-2H,(H,10,11)/t13-;7-;;/m11../s1. The van der Waals surface area contributed by atoms with E-state index < -0.39 is 39.2 Å². The summed E-state index contributed by atoms with van der Waals surface area (Å²) in [7, 11) is -4.02. The molecule has 2 atom stereocenters. The number of pyridine rings is 2. The Kier molecular flexibility index (Phi) is 21.5. The number of unbranched alkanes of at least 4 members (excludes halogenated alkanes) is 2. The second kappa shape index (κ2) is 22.8. The van der Waals surface area contributed by atoms with Gasteiger partial charge in [0.05, 0.1) is 45.0 Å². The first-order chi connectivity index (χ1) is 23.1. The third-order valence-electron chi connectivity index (χ3n) is 6.66. The lowest BCUT2D eigenvalue weighted by molar-refractivity contribution is 0.0688. The molecule has 2 aromatic heterocycles. The molecular formula is C33H46Br2F2N4O8S. The summed E-state index contributed by atoms with van der Waals surface area (Å²) in [6.45, 7) is 9.59. The van der Waals surface area contributed by atoms with Crippen LogP contribution < -0.4 is 11.1 Å². The molecule has 0 aliphatic carbocycles. The number of nitrogens with one attached hydrogen (secondary N) is 1. The van der Waals surface area contributed by atoms with Crippen LogP contribution in [0.15, 0.2) is 62.6 Å². The number of rotatable bonds is 12. The summed E-state index contributed by atoms with van der Waals surface area (Å²) in [5.41, 5.74) is 5.49. The van der Waals surface area contributed by atoms with Crippen LogP contribution in [0.25, 0.3) is 0 Å². The number of carbonyl (C=O) groups excluding carboxylic acids is 1. The van der Waals surface area contributed by atoms with E-state index in [0.29, 0.717) is 10.9 Å². The van der Waals surface area contributed by atoms with Gasteiger partial charge >= 0.3 is 5.97 Å². The van der Waals surface area contributed by atoms with Crippen molar-refractivity contribution >= 4 is 53.9 Å². The molecule has 7 N–H and O–H groups in total. The summed E-state index contributed by atoms with van der Waals surface area (Å²) in [6, 6.07) is 8.22. The highest BCUT2D eigenvalue weighted by molar-refractivity contribution is 9.10. The van der Waals surface area contributed by atoms with Gasteiger partial charge in [0.15, 0.2) is 5.69 Å². The monoisotopic (exact) mass is 854 g/mol. The summed E-state index contributed by atoms with van der Waals surface area (Å²) < 4.78 is 55.2. The molecular weight excluding hydrogens is 810 g/mol. The number of carbonyl (C=O) groups is 2. The molecule has 0 unspecified atom stereocenters. The van der Waals surface area contributed by atoms with E-state index in [2.05, 4.69) is 54.1 Å². The minimum atomic E-state index is -4.02. The zero-order valence-corrected chi connectivity index (χ0v) is 32.6. The number of aromatic carboxylic acids is 1. The lowest BCUT2D eigenvalue weighted by Gasteiger charge is -2.28. The predicted molar refractivity (Wildman–Crippen MR) is 193 cm³/mol.